The molecule has 108 valence electrons. The standard InChI is InChI=1S/C16H27NO2/c1-5-19-15-8-6-14(7-9-15)10-11-17(4)12-16(2,3)13-18/h6-9,18H,5,10-13H2,1-4H3. The molecule has 0 radical (unpaired) electrons. The third-order valence-electron chi connectivity index (χ3n) is 3.14. The van der Waals surface area contributed by atoms with Crippen LogP contribution in [0.5, 0.6) is 5.75 Å². The Balaban J connectivity index is 2.39. The van der Waals surface area contributed by atoms with E-state index in [4.69, 9.17) is 4.74 Å². The highest BCUT2D eigenvalue weighted by atomic mass is 16.5. The molecule has 0 unspecified atom stereocenters. The van der Waals surface area contributed by atoms with Crippen LogP contribution in [0.3, 0.4) is 0 Å². The molecule has 1 rings (SSSR count). The average molecular weight is 265 g/mol. The second-order valence-corrected chi connectivity index (χ2v) is 5.89. The van der Waals surface area contributed by atoms with Gasteiger partial charge in [0.25, 0.3) is 0 Å². The van der Waals surface area contributed by atoms with E-state index in [2.05, 4.69) is 37.9 Å². The normalized spacial score (nSPS) is 11.9. The van der Waals surface area contributed by atoms with Crippen LogP contribution < -0.4 is 4.74 Å². The first-order valence-corrected chi connectivity index (χ1v) is 6.98. The molecule has 0 aliphatic rings. The molecule has 0 amide bonds. The van der Waals surface area contributed by atoms with Gasteiger partial charge in [-0.05, 0) is 38.1 Å². The fraction of sp³-hybridized carbons (Fsp3) is 0.625. The number of rotatable bonds is 8. The van der Waals surface area contributed by atoms with Crippen LogP contribution >= 0.6 is 0 Å². The molecule has 1 aromatic carbocycles. The van der Waals surface area contributed by atoms with Gasteiger partial charge in [0.15, 0.2) is 0 Å². The van der Waals surface area contributed by atoms with E-state index in [1.807, 2.05) is 19.1 Å². The Hall–Kier alpha value is -1.06. The lowest BCUT2D eigenvalue weighted by Crippen LogP contribution is -2.35. The maximum atomic E-state index is 9.27. The molecule has 0 saturated carbocycles. The lowest BCUT2D eigenvalue weighted by atomic mass is 9.94. The van der Waals surface area contributed by atoms with Gasteiger partial charge in [-0.3, -0.25) is 0 Å². The first-order valence-electron chi connectivity index (χ1n) is 6.98. The Morgan fingerprint density at radius 3 is 2.37 bits per heavy atom. The third kappa shape index (κ3) is 6.08. The second-order valence-electron chi connectivity index (χ2n) is 5.89. The number of hydrogen-bond donors (Lipinski definition) is 1. The molecule has 0 heterocycles. The molecule has 1 N–H and O–H groups in total. The van der Waals surface area contributed by atoms with Crippen molar-refractivity contribution >= 4 is 0 Å². The van der Waals surface area contributed by atoms with E-state index >= 15 is 0 Å². The highest BCUT2D eigenvalue weighted by molar-refractivity contribution is 5.27. The minimum Gasteiger partial charge on any atom is -0.494 e. The molecule has 0 aliphatic heterocycles. The van der Waals surface area contributed by atoms with Gasteiger partial charge in [-0.25, -0.2) is 0 Å². The van der Waals surface area contributed by atoms with Gasteiger partial charge >= 0.3 is 0 Å². The molecular weight excluding hydrogens is 238 g/mol. The predicted molar refractivity (Wildman–Crippen MR) is 79.7 cm³/mol. The number of aliphatic hydroxyl groups excluding tert-OH is 1. The Labute approximate surface area is 117 Å². The number of aliphatic hydroxyl groups is 1. The molecule has 0 aromatic heterocycles. The molecule has 1 aromatic rings. The lowest BCUT2D eigenvalue weighted by Gasteiger charge is -2.28. The SMILES string of the molecule is CCOc1ccc(CCN(C)CC(C)(C)CO)cc1. The van der Waals surface area contributed by atoms with Crippen molar-refractivity contribution in [2.24, 2.45) is 5.41 Å². The molecule has 0 atom stereocenters. The largest absolute Gasteiger partial charge is 0.494 e. The highest BCUT2D eigenvalue weighted by Crippen LogP contribution is 2.16. The van der Waals surface area contributed by atoms with Crippen molar-refractivity contribution in [2.75, 3.05) is 33.4 Å². The van der Waals surface area contributed by atoms with Crippen molar-refractivity contribution in [1.82, 2.24) is 4.90 Å². The summed E-state index contributed by atoms with van der Waals surface area (Å²) >= 11 is 0. The van der Waals surface area contributed by atoms with E-state index in [1.54, 1.807) is 0 Å². The monoisotopic (exact) mass is 265 g/mol. The zero-order valence-electron chi connectivity index (χ0n) is 12.6. The Morgan fingerprint density at radius 1 is 1.21 bits per heavy atom. The summed E-state index contributed by atoms with van der Waals surface area (Å²) in [4.78, 5) is 2.27. The number of likely N-dealkylation sites (N-methyl/N-ethyl adjacent to an activating group) is 1. The second kappa shape index (κ2) is 7.51. The minimum atomic E-state index is -0.0342. The van der Waals surface area contributed by atoms with Gasteiger partial charge < -0.3 is 14.7 Å². The minimum absolute atomic E-state index is 0.0342. The molecular formula is C16H27NO2. The van der Waals surface area contributed by atoms with Crippen LogP contribution in [0.1, 0.15) is 26.3 Å². The van der Waals surface area contributed by atoms with Gasteiger partial charge in [-0.2, -0.15) is 0 Å². The van der Waals surface area contributed by atoms with E-state index < -0.39 is 0 Å². The molecule has 0 aliphatic carbocycles. The van der Waals surface area contributed by atoms with E-state index in [-0.39, 0.29) is 12.0 Å². The van der Waals surface area contributed by atoms with E-state index in [9.17, 15) is 5.11 Å². The van der Waals surface area contributed by atoms with Gasteiger partial charge in [0, 0.05) is 25.1 Å². The fourth-order valence-electron chi connectivity index (χ4n) is 2.10. The van der Waals surface area contributed by atoms with Crippen molar-refractivity contribution in [2.45, 2.75) is 27.2 Å². The number of benzene rings is 1. The summed E-state index contributed by atoms with van der Waals surface area (Å²) in [5.74, 6) is 0.931. The predicted octanol–water partition coefficient (Wildman–Crippen LogP) is 2.58. The number of nitrogens with zero attached hydrogens (tertiary/aromatic N) is 1. The van der Waals surface area contributed by atoms with Gasteiger partial charge in [0.05, 0.1) is 6.61 Å². The topological polar surface area (TPSA) is 32.7 Å². The molecule has 3 heteroatoms. The quantitative estimate of drug-likeness (QED) is 0.784. The summed E-state index contributed by atoms with van der Waals surface area (Å²) in [5.41, 5.74) is 1.28. The molecule has 3 nitrogen and oxygen atoms in total. The summed E-state index contributed by atoms with van der Waals surface area (Å²) in [5, 5.41) is 9.27. The summed E-state index contributed by atoms with van der Waals surface area (Å²) in [6.07, 6.45) is 1.02. The Bertz CT molecular complexity index is 360. The third-order valence-corrected chi connectivity index (χ3v) is 3.14. The molecule has 0 saturated heterocycles. The molecule has 0 fully saturated rings. The zero-order valence-corrected chi connectivity index (χ0v) is 12.6. The van der Waals surface area contributed by atoms with Crippen molar-refractivity contribution in [3.05, 3.63) is 29.8 Å². The Kier molecular flexibility index (Phi) is 6.32. The maximum Gasteiger partial charge on any atom is 0.119 e. The van der Waals surface area contributed by atoms with Gasteiger partial charge in [0.2, 0.25) is 0 Å². The van der Waals surface area contributed by atoms with Crippen molar-refractivity contribution in [3.63, 3.8) is 0 Å². The van der Waals surface area contributed by atoms with Gasteiger partial charge in [-0.1, -0.05) is 26.0 Å². The lowest BCUT2D eigenvalue weighted by molar-refractivity contribution is 0.116. The number of ether oxygens (including phenoxy) is 1. The van der Waals surface area contributed by atoms with Gasteiger partial charge in [0.1, 0.15) is 5.75 Å². The van der Waals surface area contributed by atoms with Crippen LogP contribution in [-0.2, 0) is 6.42 Å². The summed E-state index contributed by atoms with van der Waals surface area (Å²) in [6, 6.07) is 8.29. The van der Waals surface area contributed by atoms with Crippen molar-refractivity contribution in [3.8, 4) is 5.75 Å². The van der Waals surface area contributed by atoms with Crippen LogP contribution in [0.15, 0.2) is 24.3 Å². The average Bonchev–Trinajstić information content (AvgIpc) is 2.38. The van der Waals surface area contributed by atoms with Crippen LogP contribution in [0.4, 0.5) is 0 Å². The number of hydrogen-bond acceptors (Lipinski definition) is 3. The first-order chi connectivity index (χ1) is 8.96. The van der Waals surface area contributed by atoms with E-state index in [1.165, 1.54) is 5.56 Å². The molecule has 0 bridgehead atoms. The van der Waals surface area contributed by atoms with Crippen LogP contribution in [0.25, 0.3) is 0 Å². The molecule has 0 spiro atoms. The Morgan fingerprint density at radius 2 is 1.84 bits per heavy atom. The summed E-state index contributed by atoms with van der Waals surface area (Å²) < 4.78 is 5.43. The van der Waals surface area contributed by atoms with E-state index in [0.717, 1.165) is 25.3 Å². The zero-order chi connectivity index (χ0) is 14.3. The fourth-order valence-corrected chi connectivity index (χ4v) is 2.10. The highest BCUT2D eigenvalue weighted by Gasteiger charge is 2.18. The summed E-state index contributed by atoms with van der Waals surface area (Å²) in [7, 11) is 2.10. The van der Waals surface area contributed by atoms with E-state index in [0.29, 0.717) is 6.61 Å². The smallest absolute Gasteiger partial charge is 0.119 e. The van der Waals surface area contributed by atoms with Crippen LogP contribution in [0, 0.1) is 5.41 Å². The van der Waals surface area contributed by atoms with Gasteiger partial charge in [-0.15, -0.1) is 0 Å². The van der Waals surface area contributed by atoms with Crippen LogP contribution in [-0.4, -0.2) is 43.4 Å². The molecule has 19 heavy (non-hydrogen) atoms. The maximum absolute atomic E-state index is 9.27. The van der Waals surface area contributed by atoms with Crippen molar-refractivity contribution in [1.29, 1.82) is 0 Å². The summed E-state index contributed by atoms with van der Waals surface area (Å²) in [6.45, 7) is 8.99. The van der Waals surface area contributed by atoms with Crippen LogP contribution in [0.2, 0.25) is 0 Å². The van der Waals surface area contributed by atoms with Crippen molar-refractivity contribution < 1.29 is 9.84 Å². The first kappa shape index (κ1) is 16.0.